The van der Waals surface area contributed by atoms with Gasteiger partial charge >= 0.3 is 0 Å². The lowest BCUT2D eigenvalue weighted by Gasteiger charge is -2.40. The Morgan fingerprint density at radius 3 is 2.21 bits per heavy atom. The second kappa shape index (κ2) is 7.72. The molecule has 1 atom stereocenters. The summed E-state index contributed by atoms with van der Waals surface area (Å²) in [6.45, 7) is 4.17. The van der Waals surface area contributed by atoms with Crippen LogP contribution in [0.5, 0.6) is 0 Å². The number of carbonyl (C=O) groups excluding carboxylic acids is 2. The summed E-state index contributed by atoms with van der Waals surface area (Å²) in [4.78, 5) is 29.9. The molecule has 1 aliphatic heterocycles. The first kappa shape index (κ1) is 19.2. The molecule has 0 saturated carbocycles. The van der Waals surface area contributed by atoms with Crippen LogP contribution in [0, 0.1) is 6.92 Å². The highest BCUT2D eigenvalue weighted by Crippen LogP contribution is 2.37. The molecule has 3 aromatic carbocycles. The van der Waals surface area contributed by atoms with E-state index in [9.17, 15) is 9.59 Å². The zero-order chi connectivity index (χ0) is 20.5. The van der Waals surface area contributed by atoms with Gasteiger partial charge in [-0.25, -0.2) is 0 Å². The number of amides is 2. The largest absolute Gasteiger partial charge is 0.304 e. The van der Waals surface area contributed by atoms with Crippen molar-refractivity contribution in [3.63, 3.8) is 0 Å². The molecule has 0 spiro atoms. The highest BCUT2D eigenvalue weighted by molar-refractivity contribution is 6.30. The first-order valence-corrected chi connectivity index (χ1v) is 9.88. The molecule has 0 saturated heterocycles. The number of aryl methyl sites for hydroxylation is 1. The lowest BCUT2D eigenvalue weighted by molar-refractivity contribution is -0.119. The van der Waals surface area contributed by atoms with E-state index in [4.69, 9.17) is 11.6 Å². The van der Waals surface area contributed by atoms with Gasteiger partial charge in [-0.1, -0.05) is 53.6 Å². The molecule has 0 N–H and O–H groups in total. The normalized spacial score (nSPS) is 16.0. The van der Waals surface area contributed by atoms with Gasteiger partial charge in [-0.2, -0.15) is 0 Å². The number of nitrogens with zero attached hydrogens (tertiary/aromatic N) is 2. The maximum Gasteiger partial charge on any atom is 0.259 e. The minimum Gasteiger partial charge on any atom is -0.304 e. The van der Waals surface area contributed by atoms with Gasteiger partial charge in [0.25, 0.3) is 5.91 Å². The predicted octanol–water partition coefficient (Wildman–Crippen LogP) is 5.23. The molecule has 0 fully saturated rings. The molecule has 1 aliphatic rings. The fourth-order valence-corrected chi connectivity index (χ4v) is 3.74. The summed E-state index contributed by atoms with van der Waals surface area (Å²) >= 11 is 5.98. The third-order valence-corrected chi connectivity index (χ3v) is 5.47. The summed E-state index contributed by atoms with van der Waals surface area (Å²) in [5.41, 5.74) is 4.09. The lowest BCUT2D eigenvalue weighted by atomic mass is 10.0. The minimum absolute atomic E-state index is 0.112. The highest BCUT2D eigenvalue weighted by atomic mass is 35.5. The van der Waals surface area contributed by atoms with Crippen molar-refractivity contribution >= 4 is 34.8 Å². The van der Waals surface area contributed by atoms with Crippen LogP contribution in [0.4, 0.5) is 11.4 Å². The standard InChI is InChI=1S/C24H21ClN2O2/c1-16-7-11-19(12-8-16)24(29)27-17(2)23(28)26(21-5-3-4-6-22(21)27)15-18-9-13-20(25)14-10-18/h3-14,17H,15H2,1-2H3/t17-/m0/s1. The van der Waals surface area contributed by atoms with Gasteiger partial charge in [0.1, 0.15) is 6.04 Å². The molecule has 2 amide bonds. The number of halogens is 1. The van der Waals surface area contributed by atoms with E-state index in [1.165, 1.54) is 0 Å². The fourth-order valence-electron chi connectivity index (χ4n) is 3.62. The van der Waals surface area contributed by atoms with Crippen molar-refractivity contribution in [1.82, 2.24) is 0 Å². The first-order valence-electron chi connectivity index (χ1n) is 9.51. The number of benzene rings is 3. The maximum absolute atomic E-state index is 13.3. The minimum atomic E-state index is -0.606. The first-order chi connectivity index (χ1) is 14.0. The molecule has 146 valence electrons. The van der Waals surface area contributed by atoms with Crippen LogP contribution >= 0.6 is 11.6 Å². The van der Waals surface area contributed by atoms with Crippen molar-refractivity contribution in [2.24, 2.45) is 0 Å². The van der Waals surface area contributed by atoms with Gasteiger partial charge < -0.3 is 4.90 Å². The number of carbonyl (C=O) groups is 2. The van der Waals surface area contributed by atoms with E-state index < -0.39 is 6.04 Å². The number of hydrogen-bond donors (Lipinski definition) is 0. The van der Waals surface area contributed by atoms with Gasteiger partial charge in [-0.05, 0) is 55.8 Å². The molecular weight excluding hydrogens is 384 g/mol. The predicted molar refractivity (Wildman–Crippen MR) is 117 cm³/mol. The molecular formula is C24H21ClN2O2. The molecule has 1 heterocycles. The third-order valence-electron chi connectivity index (χ3n) is 5.21. The number of anilines is 2. The van der Waals surface area contributed by atoms with Crippen molar-refractivity contribution in [3.8, 4) is 0 Å². The Kier molecular flexibility index (Phi) is 5.12. The topological polar surface area (TPSA) is 40.6 Å². The maximum atomic E-state index is 13.3. The molecule has 0 aromatic heterocycles. The fraction of sp³-hybridized carbons (Fsp3) is 0.167. The summed E-state index contributed by atoms with van der Waals surface area (Å²) in [6, 6.07) is 21.8. The van der Waals surface area contributed by atoms with E-state index >= 15 is 0 Å². The van der Waals surface area contributed by atoms with Crippen LogP contribution in [-0.2, 0) is 11.3 Å². The Morgan fingerprint density at radius 1 is 0.931 bits per heavy atom. The van der Waals surface area contributed by atoms with E-state index in [2.05, 4.69) is 0 Å². The summed E-state index contributed by atoms with van der Waals surface area (Å²) in [7, 11) is 0. The van der Waals surface area contributed by atoms with Gasteiger partial charge in [0, 0.05) is 10.6 Å². The average molecular weight is 405 g/mol. The molecule has 0 bridgehead atoms. The van der Waals surface area contributed by atoms with Crippen LogP contribution < -0.4 is 9.80 Å². The zero-order valence-electron chi connectivity index (χ0n) is 16.3. The van der Waals surface area contributed by atoms with E-state index in [0.29, 0.717) is 17.1 Å². The summed E-state index contributed by atoms with van der Waals surface area (Å²) in [6.07, 6.45) is 0. The Bertz CT molecular complexity index is 1060. The van der Waals surface area contributed by atoms with Crippen molar-refractivity contribution in [1.29, 1.82) is 0 Å². The Hall–Kier alpha value is -3.11. The van der Waals surface area contributed by atoms with E-state index in [0.717, 1.165) is 22.5 Å². The third kappa shape index (κ3) is 3.64. The summed E-state index contributed by atoms with van der Waals surface area (Å²) < 4.78 is 0. The quantitative estimate of drug-likeness (QED) is 0.599. The van der Waals surface area contributed by atoms with E-state index in [-0.39, 0.29) is 11.8 Å². The second-order valence-electron chi connectivity index (χ2n) is 7.26. The highest BCUT2D eigenvalue weighted by Gasteiger charge is 2.38. The van der Waals surface area contributed by atoms with Crippen molar-refractivity contribution < 1.29 is 9.59 Å². The van der Waals surface area contributed by atoms with Crippen LogP contribution in [-0.4, -0.2) is 17.9 Å². The van der Waals surface area contributed by atoms with Crippen molar-refractivity contribution in [2.45, 2.75) is 26.4 Å². The van der Waals surface area contributed by atoms with Crippen molar-refractivity contribution in [3.05, 3.63) is 94.5 Å². The SMILES string of the molecule is Cc1ccc(C(=O)N2c3ccccc3N(Cc3ccc(Cl)cc3)C(=O)[C@@H]2C)cc1. The number of fused-ring (bicyclic) bond motifs is 1. The van der Waals surface area contributed by atoms with Crippen molar-refractivity contribution in [2.75, 3.05) is 9.80 Å². The summed E-state index contributed by atoms with van der Waals surface area (Å²) in [5, 5.41) is 0.655. The van der Waals surface area contributed by atoms with Gasteiger partial charge in [0.05, 0.1) is 17.9 Å². The molecule has 0 unspecified atom stereocenters. The summed E-state index contributed by atoms with van der Waals surface area (Å²) in [5.74, 6) is -0.288. The zero-order valence-corrected chi connectivity index (χ0v) is 17.1. The van der Waals surface area contributed by atoms with Crippen LogP contribution in [0.15, 0.2) is 72.8 Å². The molecule has 3 aromatic rings. The van der Waals surface area contributed by atoms with Crippen LogP contribution in [0.3, 0.4) is 0 Å². The molecule has 0 radical (unpaired) electrons. The molecule has 29 heavy (non-hydrogen) atoms. The molecule has 4 rings (SSSR count). The Balaban J connectivity index is 1.73. The second-order valence-corrected chi connectivity index (χ2v) is 7.69. The number of para-hydroxylation sites is 2. The van der Waals surface area contributed by atoms with Gasteiger partial charge in [0.2, 0.25) is 5.91 Å². The van der Waals surface area contributed by atoms with Gasteiger partial charge in [-0.3, -0.25) is 14.5 Å². The molecule has 4 nitrogen and oxygen atoms in total. The average Bonchev–Trinajstić information content (AvgIpc) is 2.73. The molecule has 5 heteroatoms. The Labute approximate surface area is 175 Å². The smallest absolute Gasteiger partial charge is 0.259 e. The number of rotatable bonds is 3. The van der Waals surface area contributed by atoms with Gasteiger partial charge in [0.15, 0.2) is 0 Å². The number of hydrogen-bond acceptors (Lipinski definition) is 2. The Morgan fingerprint density at radius 2 is 1.55 bits per heavy atom. The van der Waals surface area contributed by atoms with Crippen LogP contribution in [0.1, 0.15) is 28.4 Å². The van der Waals surface area contributed by atoms with Crippen LogP contribution in [0.25, 0.3) is 0 Å². The van der Waals surface area contributed by atoms with E-state index in [1.54, 1.807) is 28.9 Å². The van der Waals surface area contributed by atoms with Gasteiger partial charge in [-0.15, -0.1) is 0 Å². The molecule has 0 aliphatic carbocycles. The van der Waals surface area contributed by atoms with Crippen LogP contribution in [0.2, 0.25) is 5.02 Å². The van der Waals surface area contributed by atoms with E-state index in [1.807, 2.05) is 67.6 Å². The monoisotopic (exact) mass is 404 g/mol. The lowest BCUT2D eigenvalue weighted by Crippen LogP contribution is -2.54.